The molecule has 8 heavy (non-hydrogen) atoms. The van der Waals surface area contributed by atoms with Gasteiger partial charge in [0.1, 0.15) is 0 Å². The van der Waals surface area contributed by atoms with Crippen molar-refractivity contribution in [3.8, 4) is 0 Å². The fourth-order valence-corrected chi connectivity index (χ4v) is 0.359. The van der Waals surface area contributed by atoms with E-state index >= 15 is 0 Å². The van der Waals surface area contributed by atoms with Crippen molar-refractivity contribution in [2.75, 3.05) is 6.61 Å². The molecular weight excluding hydrogens is 120 g/mol. The summed E-state index contributed by atoms with van der Waals surface area (Å²) in [7, 11) is 0. The van der Waals surface area contributed by atoms with E-state index in [9.17, 15) is 0 Å². The molecule has 0 amide bonds. The maximum absolute atomic E-state index is 8.24. The minimum atomic E-state index is 0. The fourth-order valence-electron chi connectivity index (χ4n) is 0.359. The van der Waals surface area contributed by atoms with Gasteiger partial charge in [0.25, 0.3) is 0 Å². The largest absolute Gasteiger partial charge is 0.396 e. The number of aliphatic hydroxyl groups is 1. The lowest BCUT2D eigenvalue weighted by Gasteiger charge is -1.79. The van der Waals surface area contributed by atoms with Gasteiger partial charge in [-0.25, -0.2) is 0 Å². The molecule has 0 saturated carbocycles. The summed E-state index contributed by atoms with van der Waals surface area (Å²) in [6.07, 6.45) is 5.91. The summed E-state index contributed by atoms with van der Waals surface area (Å²) in [5.74, 6) is 0. The van der Waals surface area contributed by atoms with Gasteiger partial charge >= 0.3 is 0 Å². The van der Waals surface area contributed by atoms with Crippen LogP contribution >= 0.6 is 13.5 Å². The average Bonchev–Trinajstić information content (AvgIpc) is 1.69. The molecule has 0 bridgehead atoms. The topological polar surface area (TPSA) is 20.2 Å². The van der Waals surface area contributed by atoms with Crippen molar-refractivity contribution < 1.29 is 5.11 Å². The maximum Gasteiger partial charge on any atom is 0.0465 e. The molecular formula is C6H12OS. The highest BCUT2D eigenvalue weighted by atomic mass is 32.1. The summed E-state index contributed by atoms with van der Waals surface area (Å²) in [5, 5.41) is 8.24. The predicted molar refractivity (Wildman–Crippen MR) is 38.7 cm³/mol. The lowest BCUT2D eigenvalue weighted by atomic mass is 10.3. The SMILES string of the molecule is CCC=CCCO.[S]. The highest BCUT2D eigenvalue weighted by Crippen LogP contribution is 1.82. The van der Waals surface area contributed by atoms with Crippen molar-refractivity contribution in [1.82, 2.24) is 0 Å². The second-order valence-corrected chi connectivity index (χ2v) is 1.39. The Bertz CT molecular complexity index is 52.5. The Kier molecular flexibility index (Phi) is 13.8. The van der Waals surface area contributed by atoms with Gasteiger partial charge in [0.2, 0.25) is 0 Å². The van der Waals surface area contributed by atoms with Crippen LogP contribution in [0.25, 0.3) is 0 Å². The molecule has 0 spiro atoms. The molecule has 2 heteroatoms. The van der Waals surface area contributed by atoms with Gasteiger partial charge in [-0.2, -0.15) is 0 Å². The Morgan fingerprint density at radius 3 is 2.38 bits per heavy atom. The highest BCUT2D eigenvalue weighted by molar-refractivity contribution is 7.59. The minimum absolute atomic E-state index is 0. The van der Waals surface area contributed by atoms with Crippen LogP contribution in [0.2, 0.25) is 0 Å². The molecule has 1 nitrogen and oxygen atoms in total. The zero-order valence-corrected chi connectivity index (χ0v) is 5.95. The van der Waals surface area contributed by atoms with E-state index < -0.39 is 0 Å². The Labute approximate surface area is 57.9 Å². The standard InChI is InChI=1S/C6H12O.S/c1-2-3-4-5-6-7;/h3-4,7H,2,5-6H2,1H3;. The molecule has 0 aliphatic heterocycles. The lowest BCUT2D eigenvalue weighted by molar-refractivity contribution is 0.302. The number of allylic oxidation sites excluding steroid dienone is 1. The van der Waals surface area contributed by atoms with Gasteiger partial charge in [0, 0.05) is 20.1 Å². The van der Waals surface area contributed by atoms with Crippen LogP contribution in [0.15, 0.2) is 12.2 Å². The van der Waals surface area contributed by atoms with Gasteiger partial charge in [-0.1, -0.05) is 19.1 Å². The van der Waals surface area contributed by atoms with Crippen LogP contribution in [0, 0.1) is 0 Å². The van der Waals surface area contributed by atoms with E-state index in [4.69, 9.17) is 5.11 Å². The Morgan fingerprint density at radius 2 is 2.00 bits per heavy atom. The molecule has 0 aliphatic carbocycles. The predicted octanol–water partition coefficient (Wildman–Crippen LogP) is 1.98. The summed E-state index contributed by atoms with van der Waals surface area (Å²) in [6.45, 7) is 2.35. The maximum atomic E-state index is 8.24. The van der Waals surface area contributed by atoms with Crippen molar-refractivity contribution in [2.24, 2.45) is 0 Å². The molecule has 0 aromatic rings. The zero-order valence-electron chi connectivity index (χ0n) is 5.13. The van der Waals surface area contributed by atoms with E-state index in [0.717, 1.165) is 12.8 Å². The molecule has 0 unspecified atom stereocenters. The summed E-state index contributed by atoms with van der Waals surface area (Å²) >= 11 is 0. The first-order chi connectivity index (χ1) is 3.41. The van der Waals surface area contributed by atoms with E-state index in [-0.39, 0.29) is 20.1 Å². The second kappa shape index (κ2) is 10.1. The van der Waals surface area contributed by atoms with Gasteiger partial charge in [0.05, 0.1) is 0 Å². The molecule has 0 fully saturated rings. The second-order valence-electron chi connectivity index (χ2n) is 1.39. The monoisotopic (exact) mass is 132 g/mol. The smallest absolute Gasteiger partial charge is 0.0465 e. The van der Waals surface area contributed by atoms with E-state index in [1.165, 1.54) is 0 Å². The van der Waals surface area contributed by atoms with Crippen LogP contribution < -0.4 is 0 Å². The number of aliphatic hydroxyl groups excluding tert-OH is 1. The van der Waals surface area contributed by atoms with E-state index in [0.29, 0.717) is 0 Å². The quantitative estimate of drug-likeness (QED) is 0.582. The molecule has 1 N–H and O–H groups in total. The molecule has 2 radical (unpaired) electrons. The summed E-state index contributed by atoms with van der Waals surface area (Å²) in [6, 6.07) is 0. The van der Waals surface area contributed by atoms with Crippen LogP contribution in [0.3, 0.4) is 0 Å². The molecule has 0 rings (SSSR count). The molecule has 0 saturated heterocycles. The van der Waals surface area contributed by atoms with Gasteiger partial charge in [-0.3, -0.25) is 0 Å². The molecule has 0 heterocycles. The van der Waals surface area contributed by atoms with Gasteiger partial charge in [-0.05, 0) is 12.8 Å². The fraction of sp³-hybridized carbons (Fsp3) is 0.667. The summed E-state index contributed by atoms with van der Waals surface area (Å²) in [4.78, 5) is 0. The molecule has 0 atom stereocenters. The van der Waals surface area contributed by atoms with Crippen molar-refractivity contribution in [1.29, 1.82) is 0 Å². The minimum Gasteiger partial charge on any atom is -0.396 e. The van der Waals surface area contributed by atoms with Gasteiger partial charge in [0.15, 0.2) is 0 Å². The van der Waals surface area contributed by atoms with Crippen LogP contribution in [0.5, 0.6) is 0 Å². The molecule has 0 aromatic carbocycles. The van der Waals surface area contributed by atoms with Crippen molar-refractivity contribution >= 4 is 13.5 Å². The Hall–Kier alpha value is 0.0500. The Balaban J connectivity index is 0. The Morgan fingerprint density at radius 1 is 1.38 bits per heavy atom. The van der Waals surface area contributed by atoms with Crippen molar-refractivity contribution in [2.45, 2.75) is 19.8 Å². The van der Waals surface area contributed by atoms with Gasteiger partial charge in [-0.15, -0.1) is 0 Å². The van der Waals surface area contributed by atoms with Crippen LogP contribution in [-0.4, -0.2) is 11.7 Å². The summed E-state index contributed by atoms with van der Waals surface area (Å²) < 4.78 is 0. The summed E-state index contributed by atoms with van der Waals surface area (Å²) in [5.41, 5.74) is 0. The first kappa shape index (κ1) is 10.9. The van der Waals surface area contributed by atoms with Gasteiger partial charge < -0.3 is 5.11 Å². The van der Waals surface area contributed by atoms with Crippen LogP contribution in [0.1, 0.15) is 19.8 Å². The van der Waals surface area contributed by atoms with Crippen LogP contribution in [-0.2, 0) is 0 Å². The number of rotatable bonds is 3. The first-order valence-corrected chi connectivity index (χ1v) is 2.67. The normalized spacial score (nSPS) is 9.25. The average molecular weight is 132 g/mol. The zero-order chi connectivity index (χ0) is 5.54. The third kappa shape index (κ3) is 9.41. The third-order valence-electron chi connectivity index (χ3n) is 0.698. The van der Waals surface area contributed by atoms with Crippen molar-refractivity contribution in [3.63, 3.8) is 0 Å². The first-order valence-electron chi connectivity index (χ1n) is 2.67. The van der Waals surface area contributed by atoms with E-state index in [1.54, 1.807) is 0 Å². The van der Waals surface area contributed by atoms with E-state index in [2.05, 4.69) is 13.0 Å². The third-order valence-corrected chi connectivity index (χ3v) is 0.698. The lowest BCUT2D eigenvalue weighted by Crippen LogP contribution is -1.73. The number of hydrogen-bond acceptors (Lipinski definition) is 1. The molecule has 0 aliphatic rings. The van der Waals surface area contributed by atoms with Crippen molar-refractivity contribution in [3.05, 3.63) is 12.2 Å². The highest BCUT2D eigenvalue weighted by Gasteiger charge is 1.68. The van der Waals surface area contributed by atoms with Crippen LogP contribution in [0.4, 0.5) is 0 Å². The van der Waals surface area contributed by atoms with E-state index in [1.807, 2.05) is 6.08 Å². The molecule has 48 valence electrons. The number of hydrogen-bond donors (Lipinski definition) is 1. The molecule has 0 aromatic heterocycles.